The number of thiol groups is 1. The fraction of sp³-hybridized carbons (Fsp3) is 0.364. The molecule has 0 bridgehead atoms. The lowest BCUT2D eigenvalue weighted by Gasteiger charge is -2.19. The highest BCUT2D eigenvalue weighted by Gasteiger charge is 2.20. The number of ether oxygens (including phenoxy) is 1. The zero-order valence-corrected chi connectivity index (χ0v) is 9.77. The molecule has 0 amide bonds. The van der Waals surface area contributed by atoms with Crippen molar-refractivity contribution in [1.29, 1.82) is 0 Å². The molecule has 0 spiro atoms. The summed E-state index contributed by atoms with van der Waals surface area (Å²) in [6.45, 7) is 5.26. The molecule has 1 aromatic rings. The highest BCUT2D eigenvalue weighted by atomic mass is 32.1. The molecule has 0 heterocycles. The van der Waals surface area contributed by atoms with Gasteiger partial charge in [-0.1, -0.05) is 6.07 Å². The van der Waals surface area contributed by atoms with Gasteiger partial charge in [0.15, 0.2) is 0 Å². The van der Waals surface area contributed by atoms with Gasteiger partial charge in [-0.3, -0.25) is 0 Å². The Kier molecular flexibility index (Phi) is 3.39. The van der Waals surface area contributed by atoms with Crippen LogP contribution < -0.4 is 0 Å². The average Bonchev–Trinajstić information content (AvgIpc) is 2.06. The molecule has 1 aromatic carbocycles. The van der Waals surface area contributed by atoms with Crippen molar-refractivity contribution in [1.82, 2.24) is 0 Å². The third kappa shape index (κ3) is 3.23. The maximum absolute atomic E-state index is 13.1. The van der Waals surface area contributed by atoms with Crippen molar-refractivity contribution in [3.8, 4) is 0 Å². The van der Waals surface area contributed by atoms with E-state index in [1.807, 2.05) is 0 Å². The zero-order chi connectivity index (χ0) is 11.6. The molecular formula is C11H13FO2S. The fourth-order valence-electron chi connectivity index (χ4n) is 1.01. The lowest BCUT2D eigenvalue weighted by molar-refractivity contribution is 0.00647. The van der Waals surface area contributed by atoms with E-state index in [2.05, 4.69) is 12.6 Å². The molecule has 0 saturated heterocycles. The lowest BCUT2D eigenvalue weighted by atomic mass is 10.1. The Hall–Kier alpha value is -1.03. The number of hydrogen-bond acceptors (Lipinski definition) is 3. The predicted molar refractivity (Wildman–Crippen MR) is 58.8 cm³/mol. The molecule has 0 aromatic heterocycles. The lowest BCUT2D eigenvalue weighted by Crippen LogP contribution is -2.24. The van der Waals surface area contributed by atoms with Crippen molar-refractivity contribution in [2.75, 3.05) is 0 Å². The standard InChI is InChI=1S/C11H13FO2S/c1-11(2,3)14-10(13)7-5-4-6-8(12)9(7)15/h4-6,15H,1-3H3. The SMILES string of the molecule is CC(C)(C)OC(=O)c1cccc(F)c1S. The predicted octanol–water partition coefficient (Wildman–Crippen LogP) is 3.07. The van der Waals surface area contributed by atoms with Gasteiger partial charge in [-0.25, -0.2) is 9.18 Å². The second kappa shape index (κ2) is 4.23. The molecule has 0 aliphatic rings. The van der Waals surface area contributed by atoms with E-state index >= 15 is 0 Å². The molecule has 0 radical (unpaired) electrons. The Bertz CT molecular complexity index is 383. The molecule has 2 nitrogen and oxygen atoms in total. The van der Waals surface area contributed by atoms with Gasteiger partial charge in [0, 0.05) is 0 Å². The van der Waals surface area contributed by atoms with Crippen LogP contribution in [0.15, 0.2) is 23.1 Å². The van der Waals surface area contributed by atoms with Crippen LogP contribution >= 0.6 is 12.6 Å². The normalized spacial score (nSPS) is 11.3. The summed E-state index contributed by atoms with van der Waals surface area (Å²) in [6.07, 6.45) is 0. The van der Waals surface area contributed by atoms with Crippen molar-refractivity contribution in [3.05, 3.63) is 29.6 Å². The molecule has 15 heavy (non-hydrogen) atoms. The van der Waals surface area contributed by atoms with Gasteiger partial charge in [-0.05, 0) is 32.9 Å². The minimum atomic E-state index is -0.594. The molecule has 0 aliphatic carbocycles. The Morgan fingerprint density at radius 3 is 2.53 bits per heavy atom. The third-order valence-corrected chi connectivity index (χ3v) is 2.06. The molecule has 0 saturated carbocycles. The summed E-state index contributed by atoms with van der Waals surface area (Å²) in [4.78, 5) is 11.6. The Labute approximate surface area is 93.9 Å². The molecule has 0 fully saturated rings. The van der Waals surface area contributed by atoms with Crippen LogP contribution in [0.25, 0.3) is 0 Å². The van der Waals surface area contributed by atoms with Gasteiger partial charge in [0.2, 0.25) is 0 Å². The monoisotopic (exact) mass is 228 g/mol. The van der Waals surface area contributed by atoms with E-state index in [-0.39, 0.29) is 10.5 Å². The molecular weight excluding hydrogens is 215 g/mol. The smallest absolute Gasteiger partial charge is 0.339 e. The zero-order valence-electron chi connectivity index (χ0n) is 8.87. The summed E-state index contributed by atoms with van der Waals surface area (Å²) in [7, 11) is 0. The Morgan fingerprint density at radius 1 is 1.40 bits per heavy atom. The van der Waals surface area contributed by atoms with Crippen molar-refractivity contribution in [2.24, 2.45) is 0 Å². The topological polar surface area (TPSA) is 26.3 Å². The largest absolute Gasteiger partial charge is 0.456 e. The number of hydrogen-bond donors (Lipinski definition) is 1. The van der Waals surface area contributed by atoms with Crippen molar-refractivity contribution < 1.29 is 13.9 Å². The quantitative estimate of drug-likeness (QED) is 0.590. The minimum absolute atomic E-state index is 0.0201. The maximum Gasteiger partial charge on any atom is 0.339 e. The van der Waals surface area contributed by atoms with Gasteiger partial charge in [0.25, 0.3) is 0 Å². The van der Waals surface area contributed by atoms with Crippen LogP contribution in [0.2, 0.25) is 0 Å². The first-order valence-corrected chi connectivity index (χ1v) is 4.97. The molecule has 82 valence electrons. The van der Waals surface area contributed by atoms with Crippen LogP contribution in [0, 0.1) is 5.82 Å². The van der Waals surface area contributed by atoms with E-state index in [9.17, 15) is 9.18 Å². The number of carbonyl (C=O) groups is 1. The van der Waals surface area contributed by atoms with Crippen molar-refractivity contribution in [2.45, 2.75) is 31.3 Å². The van der Waals surface area contributed by atoms with E-state index in [0.29, 0.717) is 0 Å². The van der Waals surface area contributed by atoms with E-state index < -0.39 is 17.4 Å². The molecule has 1 rings (SSSR count). The summed E-state index contributed by atoms with van der Waals surface area (Å²) >= 11 is 3.92. The molecule has 4 heteroatoms. The summed E-state index contributed by atoms with van der Waals surface area (Å²) in [5.74, 6) is -1.09. The Morgan fingerprint density at radius 2 is 2.00 bits per heavy atom. The second-order valence-corrected chi connectivity index (χ2v) is 4.59. The first-order chi connectivity index (χ1) is 6.81. The van der Waals surface area contributed by atoms with Crippen LogP contribution in [-0.4, -0.2) is 11.6 Å². The number of carbonyl (C=O) groups excluding carboxylic acids is 1. The Balaban J connectivity index is 2.97. The van der Waals surface area contributed by atoms with E-state index in [1.54, 1.807) is 20.8 Å². The van der Waals surface area contributed by atoms with Gasteiger partial charge >= 0.3 is 5.97 Å². The number of halogens is 1. The van der Waals surface area contributed by atoms with Gasteiger partial charge in [0.1, 0.15) is 11.4 Å². The fourth-order valence-corrected chi connectivity index (χ4v) is 1.25. The number of rotatable bonds is 1. The highest BCUT2D eigenvalue weighted by molar-refractivity contribution is 7.80. The molecule has 0 atom stereocenters. The van der Waals surface area contributed by atoms with Gasteiger partial charge in [-0.2, -0.15) is 0 Å². The number of benzene rings is 1. The van der Waals surface area contributed by atoms with Crippen LogP contribution in [0.3, 0.4) is 0 Å². The van der Waals surface area contributed by atoms with Crippen molar-refractivity contribution in [3.63, 3.8) is 0 Å². The number of esters is 1. The summed E-state index contributed by atoms with van der Waals surface area (Å²) in [6, 6.07) is 4.18. The first-order valence-electron chi connectivity index (χ1n) is 4.52. The van der Waals surface area contributed by atoms with E-state index in [0.717, 1.165) is 0 Å². The van der Waals surface area contributed by atoms with Gasteiger partial charge < -0.3 is 4.74 Å². The van der Waals surface area contributed by atoms with Gasteiger partial charge in [0.05, 0.1) is 10.5 Å². The molecule has 0 N–H and O–H groups in total. The van der Waals surface area contributed by atoms with Crippen LogP contribution in [-0.2, 0) is 4.74 Å². The summed E-state index contributed by atoms with van der Waals surface area (Å²) < 4.78 is 18.2. The average molecular weight is 228 g/mol. The maximum atomic E-state index is 13.1. The van der Waals surface area contributed by atoms with Crippen LogP contribution in [0.4, 0.5) is 4.39 Å². The summed E-state index contributed by atoms with van der Waals surface area (Å²) in [5, 5.41) is 0. The van der Waals surface area contributed by atoms with Gasteiger partial charge in [-0.15, -0.1) is 12.6 Å². The minimum Gasteiger partial charge on any atom is -0.456 e. The van der Waals surface area contributed by atoms with E-state index in [1.165, 1.54) is 18.2 Å². The van der Waals surface area contributed by atoms with Crippen molar-refractivity contribution >= 4 is 18.6 Å². The third-order valence-electron chi connectivity index (χ3n) is 1.61. The highest BCUT2D eigenvalue weighted by Crippen LogP contribution is 2.20. The molecule has 0 aliphatic heterocycles. The van der Waals surface area contributed by atoms with Crippen LogP contribution in [0.1, 0.15) is 31.1 Å². The van der Waals surface area contributed by atoms with E-state index in [4.69, 9.17) is 4.74 Å². The first kappa shape index (κ1) is 12.0. The summed E-state index contributed by atoms with van der Waals surface area (Å²) in [5.41, 5.74) is -0.447. The molecule has 0 unspecified atom stereocenters. The second-order valence-electron chi connectivity index (χ2n) is 4.14. The van der Waals surface area contributed by atoms with Crippen LogP contribution in [0.5, 0.6) is 0 Å².